The molecule has 0 unspecified atom stereocenters. The molecule has 21 heavy (non-hydrogen) atoms. The van der Waals surface area contributed by atoms with Gasteiger partial charge in [0.2, 0.25) is 5.91 Å². The van der Waals surface area contributed by atoms with E-state index in [2.05, 4.69) is 5.32 Å². The Morgan fingerprint density at radius 2 is 2.10 bits per heavy atom. The fourth-order valence-electron chi connectivity index (χ4n) is 2.39. The zero-order valence-electron chi connectivity index (χ0n) is 12.1. The van der Waals surface area contributed by atoms with E-state index in [0.29, 0.717) is 21.8 Å². The number of amides is 1. The fourth-order valence-corrected chi connectivity index (χ4v) is 3.89. The van der Waals surface area contributed by atoms with Crippen molar-refractivity contribution in [2.45, 2.75) is 24.6 Å². The summed E-state index contributed by atoms with van der Waals surface area (Å²) in [4.78, 5) is 14.1. The number of halogens is 2. The van der Waals surface area contributed by atoms with Crippen molar-refractivity contribution < 1.29 is 4.79 Å². The smallest absolute Gasteiger partial charge is 0.232 e. The molecule has 0 saturated carbocycles. The van der Waals surface area contributed by atoms with Crippen LogP contribution < -0.4 is 5.32 Å². The van der Waals surface area contributed by atoms with Crippen LogP contribution in [0.4, 0.5) is 0 Å². The summed E-state index contributed by atoms with van der Waals surface area (Å²) in [6.45, 7) is 1.99. The molecule has 1 aromatic carbocycles. The Hall–Kier alpha value is -0.420. The SMILES string of the molecule is CN(C(=O)CSCc1ccc(Cl)cc1Cl)C1CCNCC1. The zero-order valence-corrected chi connectivity index (χ0v) is 14.4. The number of carbonyl (C=O) groups excluding carboxylic acids is 1. The maximum absolute atomic E-state index is 12.2. The predicted molar refractivity (Wildman–Crippen MR) is 91.3 cm³/mol. The summed E-state index contributed by atoms with van der Waals surface area (Å²) in [5.41, 5.74) is 1.02. The normalized spacial score (nSPS) is 16.0. The highest BCUT2D eigenvalue weighted by Crippen LogP contribution is 2.25. The summed E-state index contributed by atoms with van der Waals surface area (Å²) in [7, 11) is 1.91. The second-order valence-electron chi connectivity index (χ2n) is 5.21. The number of hydrogen-bond acceptors (Lipinski definition) is 3. The maximum atomic E-state index is 12.2. The molecule has 1 amide bonds. The van der Waals surface area contributed by atoms with Crippen molar-refractivity contribution in [3.8, 4) is 0 Å². The Kier molecular flexibility index (Phi) is 6.68. The van der Waals surface area contributed by atoms with Gasteiger partial charge in [0.25, 0.3) is 0 Å². The lowest BCUT2D eigenvalue weighted by molar-refractivity contribution is -0.129. The van der Waals surface area contributed by atoms with Gasteiger partial charge in [-0.3, -0.25) is 4.79 Å². The summed E-state index contributed by atoms with van der Waals surface area (Å²) in [6, 6.07) is 5.85. The van der Waals surface area contributed by atoms with E-state index in [9.17, 15) is 4.79 Å². The van der Waals surface area contributed by atoms with E-state index >= 15 is 0 Å². The van der Waals surface area contributed by atoms with Crippen molar-refractivity contribution in [2.24, 2.45) is 0 Å². The number of rotatable bonds is 5. The summed E-state index contributed by atoms with van der Waals surface area (Å²) in [6.07, 6.45) is 2.08. The lowest BCUT2D eigenvalue weighted by Crippen LogP contribution is -2.44. The van der Waals surface area contributed by atoms with E-state index in [1.165, 1.54) is 0 Å². The number of piperidine rings is 1. The van der Waals surface area contributed by atoms with Crippen LogP contribution in [0.1, 0.15) is 18.4 Å². The third kappa shape index (κ3) is 5.06. The molecule has 1 aromatic rings. The van der Waals surface area contributed by atoms with Crippen LogP contribution >= 0.6 is 35.0 Å². The van der Waals surface area contributed by atoms with Crippen LogP contribution in [0.5, 0.6) is 0 Å². The molecule has 0 spiro atoms. The van der Waals surface area contributed by atoms with Crippen molar-refractivity contribution >= 4 is 40.9 Å². The number of hydrogen-bond donors (Lipinski definition) is 1. The van der Waals surface area contributed by atoms with Crippen LogP contribution in [0.15, 0.2) is 18.2 Å². The minimum Gasteiger partial charge on any atom is -0.342 e. The Labute approximate surface area is 140 Å². The van der Waals surface area contributed by atoms with Gasteiger partial charge in [0, 0.05) is 28.9 Å². The van der Waals surface area contributed by atoms with Crippen molar-refractivity contribution in [1.82, 2.24) is 10.2 Å². The van der Waals surface area contributed by atoms with Gasteiger partial charge < -0.3 is 10.2 Å². The Balaban J connectivity index is 1.78. The second kappa shape index (κ2) is 8.28. The van der Waals surface area contributed by atoms with Crippen LogP contribution in [0, 0.1) is 0 Å². The van der Waals surface area contributed by atoms with Crippen LogP contribution in [0.2, 0.25) is 10.0 Å². The highest BCUT2D eigenvalue weighted by atomic mass is 35.5. The van der Waals surface area contributed by atoms with E-state index in [1.807, 2.05) is 24.1 Å². The van der Waals surface area contributed by atoms with Gasteiger partial charge in [-0.25, -0.2) is 0 Å². The molecule has 1 heterocycles. The predicted octanol–water partition coefficient (Wildman–Crippen LogP) is 3.44. The molecule has 116 valence electrons. The average molecular weight is 347 g/mol. The molecule has 1 N–H and O–H groups in total. The molecule has 2 rings (SSSR count). The topological polar surface area (TPSA) is 32.3 Å². The molecule has 0 atom stereocenters. The Morgan fingerprint density at radius 1 is 1.38 bits per heavy atom. The Morgan fingerprint density at radius 3 is 2.76 bits per heavy atom. The van der Waals surface area contributed by atoms with Gasteiger partial charge in [-0.05, 0) is 43.6 Å². The van der Waals surface area contributed by atoms with Gasteiger partial charge >= 0.3 is 0 Å². The van der Waals surface area contributed by atoms with Gasteiger partial charge in [0.05, 0.1) is 5.75 Å². The molecular weight excluding hydrogens is 327 g/mol. The Bertz CT molecular complexity index is 493. The van der Waals surface area contributed by atoms with Crippen LogP contribution in [-0.4, -0.2) is 42.7 Å². The summed E-state index contributed by atoms with van der Waals surface area (Å²) >= 11 is 13.6. The molecule has 6 heteroatoms. The van der Waals surface area contributed by atoms with Crippen molar-refractivity contribution in [1.29, 1.82) is 0 Å². The van der Waals surface area contributed by atoms with E-state index in [1.54, 1.807) is 17.8 Å². The largest absolute Gasteiger partial charge is 0.342 e. The number of thioether (sulfide) groups is 1. The van der Waals surface area contributed by atoms with Crippen LogP contribution in [-0.2, 0) is 10.5 Å². The third-order valence-corrected chi connectivity index (χ3v) is 5.30. The van der Waals surface area contributed by atoms with Crippen molar-refractivity contribution in [3.63, 3.8) is 0 Å². The first-order valence-corrected chi connectivity index (χ1v) is 8.97. The summed E-state index contributed by atoms with van der Waals surface area (Å²) < 4.78 is 0. The van der Waals surface area contributed by atoms with Gasteiger partial charge in [-0.2, -0.15) is 0 Å². The molecule has 1 saturated heterocycles. The molecule has 1 aliphatic heterocycles. The monoisotopic (exact) mass is 346 g/mol. The number of carbonyl (C=O) groups is 1. The standard InChI is InChI=1S/C15H20Cl2N2OS/c1-19(13-4-6-18-7-5-13)15(20)10-21-9-11-2-3-12(16)8-14(11)17/h2-3,8,13,18H,4-7,9-10H2,1H3. The molecule has 0 aromatic heterocycles. The van der Waals surface area contributed by atoms with E-state index < -0.39 is 0 Å². The van der Waals surface area contributed by atoms with E-state index in [0.717, 1.165) is 37.2 Å². The average Bonchev–Trinajstić information content (AvgIpc) is 2.49. The first kappa shape index (κ1) is 16.9. The van der Waals surface area contributed by atoms with Gasteiger partial charge in [0.15, 0.2) is 0 Å². The maximum Gasteiger partial charge on any atom is 0.232 e. The highest BCUT2D eigenvalue weighted by molar-refractivity contribution is 7.99. The van der Waals surface area contributed by atoms with Gasteiger partial charge in [0.1, 0.15) is 0 Å². The highest BCUT2D eigenvalue weighted by Gasteiger charge is 2.21. The van der Waals surface area contributed by atoms with Gasteiger partial charge in [-0.15, -0.1) is 11.8 Å². The minimum atomic E-state index is 0.192. The van der Waals surface area contributed by atoms with Crippen molar-refractivity contribution in [2.75, 3.05) is 25.9 Å². The summed E-state index contributed by atoms with van der Waals surface area (Å²) in [5, 5.41) is 4.61. The molecule has 1 aliphatic rings. The molecule has 0 aliphatic carbocycles. The number of nitrogens with one attached hydrogen (secondary N) is 1. The van der Waals surface area contributed by atoms with Crippen molar-refractivity contribution in [3.05, 3.63) is 33.8 Å². The van der Waals surface area contributed by atoms with Crippen LogP contribution in [0.25, 0.3) is 0 Å². The lowest BCUT2D eigenvalue weighted by Gasteiger charge is -2.31. The number of nitrogens with zero attached hydrogens (tertiary/aromatic N) is 1. The quantitative estimate of drug-likeness (QED) is 0.886. The zero-order chi connectivity index (χ0) is 15.2. The van der Waals surface area contributed by atoms with Gasteiger partial charge in [-0.1, -0.05) is 29.3 Å². The minimum absolute atomic E-state index is 0.192. The van der Waals surface area contributed by atoms with E-state index in [4.69, 9.17) is 23.2 Å². The molecule has 3 nitrogen and oxygen atoms in total. The number of benzene rings is 1. The second-order valence-corrected chi connectivity index (χ2v) is 7.04. The molecule has 1 fully saturated rings. The molecular formula is C15H20Cl2N2OS. The van der Waals surface area contributed by atoms with Crippen LogP contribution in [0.3, 0.4) is 0 Å². The lowest BCUT2D eigenvalue weighted by atomic mass is 10.1. The third-order valence-electron chi connectivity index (χ3n) is 3.75. The molecule has 0 bridgehead atoms. The fraction of sp³-hybridized carbons (Fsp3) is 0.533. The molecule has 0 radical (unpaired) electrons. The first-order valence-electron chi connectivity index (χ1n) is 7.06. The summed E-state index contributed by atoms with van der Waals surface area (Å²) in [5.74, 6) is 1.40. The first-order chi connectivity index (χ1) is 10.1. The van der Waals surface area contributed by atoms with E-state index in [-0.39, 0.29) is 5.91 Å².